The Hall–Kier alpha value is -3.36. The van der Waals surface area contributed by atoms with Crippen LogP contribution in [0.25, 0.3) is 11.1 Å². The fourth-order valence-corrected chi connectivity index (χ4v) is 4.97. The summed E-state index contributed by atoms with van der Waals surface area (Å²) in [6.45, 7) is 4.79. The molecular weight excluding hydrogens is 464 g/mol. The zero-order valence-corrected chi connectivity index (χ0v) is 19.8. The Labute approximate surface area is 197 Å². The van der Waals surface area contributed by atoms with E-state index in [-0.39, 0.29) is 4.90 Å². The van der Waals surface area contributed by atoms with E-state index in [9.17, 15) is 18.0 Å². The first-order valence-corrected chi connectivity index (χ1v) is 11.8. The van der Waals surface area contributed by atoms with Crippen LogP contribution in [0.15, 0.2) is 59.5 Å². The summed E-state index contributed by atoms with van der Waals surface area (Å²) in [6, 6.07) is 15.1. The molecule has 0 atom stereocenters. The van der Waals surface area contributed by atoms with Crippen molar-refractivity contribution < 1.29 is 23.1 Å². The molecule has 0 radical (unpaired) electrons. The van der Waals surface area contributed by atoms with Gasteiger partial charge >= 0.3 is 5.97 Å². The normalized spacial score (nSPS) is 11.2. The number of rotatable bonds is 7. The molecule has 9 heteroatoms. The molecule has 0 aliphatic carbocycles. The third kappa shape index (κ3) is 5.71. The summed E-state index contributed by atoms with van der Waals surface area (Å²) in [4.78, 5) is 22.9. The summed E-state index contributed by atoms with van der Waals surface area (Å²) in [6.07, 6.45) is 0. The first kappa shape index (κ1) is 24.3. The number of hydrogen-bond donors (Lipinski definition) is 3. The number of carbonyl (C=O) groups excluding carboxylic acids is 1. The molecule has 3 aromatic carbocycles. The van der Waals surface area contributed by atoms with Crippen LogP contribution in [0.3, 0.4) is 0 Å². The number of benzene rings is 3. The van der Waals surface area contributed by atoms with E-state index in [4.69, 9.17) is 16.7 Å². The van der Waals surface area contributed by atoms with Gasteiger partial charge < -0.3 is 10.4 Å². The van der Waals surface area contributed by atoms with Gasteiger partial charge in [0.2, 0.25) is 0 Å². The first-order valence-electron chi connectivity index (χ1n) is 9.98. The number of aryl methyl sites for hydroxylation is 3. The Morgan fingerprint density at radius 2 is 1.67 bits per heavy atom. The molecule has 0 aliphatic rings. The second-order valence-electron chi connectivity index (χ2n) is 7.66. The average Bonchev–Trinajstić information content (AvgIpc) is 2.74. The van der Waals surface area contributed by atoms with E-state index in [1.54, 1.807) is 62.4 Å². The molecule has 172 valence electrons. The molecule has 3 N–H and O–H groups in total. The summed E-state index contributed by atoms with van der Waals surface area (Å²) in [5.74, 6) is -1.61. The molecule has 0 bridgehead atoms. The zero-order valence-electron chi connectivity index (χ0n) is 18.3. The first-order chi connectivity index (χ1) is 15.5. The van der Waals surface area contributed by atoms with Crippen molar-refractivity contribution >= 4 is 39.2 Å². The number of carboxylic acid groups (broad SMARTS) is 1. The quantitative estimate of drug-likeness (QED) is 0.453. The molecule has 0 unspecified atom stereocenters. The van der Waals surface area contributed by atoms with Crippen molar-refractivity contribution in [2.45, 2.75) is 25.7 Å². The van der Waals surface area contributed by atoms with Crippen molar-refractivity contribution in [2.75, 3.05) is 11.3 Å². The van der Waals surface area contributed by atoms with Crippen molar-refractivity contribution in [3.8, 4) is 11.1 Å². The number of aliphatic carboxylic acids is 1. The van der Waals surface area contributed by atoms with Gasteiger partial charge in [-0.2, -0.15) is 0 Å². The number of amides is 1. The van der Waals surface area contributed by atoms with E-state index in [1.807, 2.05) is 13.0 Å². The van der Waals surface area contributed by atoms with Gasteiger partial charge in [-0.25, -0.2) is 8.42 Å². The lowest BCUT2D eigenvalue weighted by Gasteiger charge is -2.14. The Kier molecular flexibility index (Phi) is 7.09. The number of halogens is 1. The Morgan fingerprint density at radius 3 is 2.33 bits per heavy atom. The van der Waals surface area contributed by atoms with Gasteiger partial charge in [0.15, 0.2) is 0 Å². The molecule has 0 fully saturated rings. The van der Waals surface area contributed by atoms with Crippen LogP contribution in [0.4, 0.5) is 5.69 Å². The standard InChI is InChI=1S/C24H23ClN2O5S/c1-14-9-18(24(30)26-13-23(28)29)7-8-20(14)17-5-4-6-19(12-17)27-33(31,32)22-11-15(2)21(25)10-16(22)3/h4-12,27H,13H2,1-3H3,(H,26,30)(H,28,29). The molecule has 0 saturated carbocycles. The van der Waals surface area contributed by atoms with E-state index >= 15 is 0 Å². The van der Waals surface area contributed by atoms with Crippen LogP contribution in [0.1, 0.15) is 27.0 Å². The second kappa shape index (κ2) is 9.64. The van der Waals surface area contributed by atoms with Gasteiger partial charge in [-0.05, 0) is 85.0 Å². The number of nitrogens with one attached hydrogen (secondary N) is 2. The molecule has 33 heavy (non-hydrogen) atoms. The summed E-state index contributed by atoms with van der Waals surface area (Å²) >= 11 is 6.10. The number of carbonyl (C=O) groups is 2. The van der Waals surface area contributed by atoms with Crippen molar-refractivity contribution in [1.82, 2.24) is 5.32 Å². The van der Waals surface area contributed by atoms with E-state index in [2.05, 4.69) is 10.0 Å². The molecule has 0 aromatic heterocycles. The SMILES string of the molecule is Cc1cc(S(=O)(=O)Nc2cccc(-c3ccc(C(=O)NCC(=O)O)cc3C)c2)c(C)cc1Cl. The number of anilines is 1. The maximum absolute atomic E-state index is 13.0. The average molecular weight is 487 g/mol. The Morgan fingerprint density at radius 1 is 0.939 bits per heavy atom. The predicted molar refractivity (Wildman–Crippen MR) is 128 cm³/mol. The topological polar surface area (TPSA) is 113 Å². The fourth-order valence-electron chi connectivity index (χ4n) is 3.39. The molecule has 7 nitrogen and oxygen atoms in total. The number of carboxylic acids is 1. The summed E-state index contributed by atoms with van der Waals surface area (Å²) in [5, 5.41) is 11.5. The minimum absolute atomic E-state index is 0.155. The number of hydrogen-bond acceptors (Lipinski definition) is 4. The highest BCUT2D eigenvalue weighted by molar-refractivity contribution is 7.92. The van der Waals surface area contributed by atoms with Gasteiger partial charge in [-0.15, -0.1) is 0 Å². The third-order valence-electron chi connectivity index (χ3n) is 5.06. The third-order valence-corrected chi connectivity index (χ3v) is 6.99. The molecule has 3 aromatic rings. The Bertz CT molecular complexity index is 1350. The van der Waals surface area contributed by atoms with Crippen LogP contribution in [-0.4, -0.2) is 31.9 Å². The van der Waals surface area contributed by atoms with Crippen LogP contribution < -0.4 is 10.0 Å². The predicted octanol–water partition coefficient (Wildman–Crippen LogP) is 4.55. The molecule has 0 heterocycles. The van der Waals surface area contributed by atoms with Gasteiger partial charge in [0, 0.05) is 16.3 Å². The molecule has 0 spiro atoms. The lowest BCUT2D eigenvalue weighted by Crippen LogP contribution is -2.29. The van der Waals surface area contributed by atoms with Crippen molar-refractivity contribution in [3.05, 3.63) is 81.9 Å². The lowest BCUT2D eigenvalue weighted by molar-refractivity contribution is -0.135. The van der Waals surface area contributed by atoms with Crippen LogP contribution in [0, 0.1) is 20.8 Å². The van der Waals surface area contributed by atoms with Crippen molar-refractivity contribution in [2.24, 2.45) is 0 Å². The molecule has 0 saturated heterocycles. The highest BCUT2D eigenvalue weighted by Crippen LogP contribution is 2.29. The maximum atomic E-state index is 13.0. The molecule has 1 amide bonds. The van der Waals surface area contributed by atoms with E-state index in [0.717, 1.165) is 16.7 Å². The van der Waals surface area contributed by atoms with Crippen LogP contribution >= 0.6 is 11.6 Å². The number of sulfonamides is 1. The lowest BCUT2D eigenvalue weighted by atomic mass is 9.98. The van der Waals surface area contributed by atoms with Crippen LogP contribution in [-0.2, 0) is 14.8 Å². The minimum Gasteiger partial charge on any atom is -0.480 e. The minimum atomic E-state index is -3.83. The van der Waals surface area contributed by atoms with E-state index < -0.39 is 28.4 Å². The molecule has 3 rings (SSSR count). The highest BCUT2D eigenvalue weighted by atomic mass is 35.5. The highest BCUT2D eigenvalue weighted by Gasteiger charge is 2.19. The zero-order chi connectivity index (χ0) is 24.3. The monoisotopic (exact) mass is 486 g/mol. The van der Waals surface area contributed by atoms with Crippen molar-refractivity contribution in [1.29, 1.82) is 0 Å². The van der Waals surface area contributed by atoms with Gasteiger partial charge in [0.05, 0.1) is 4.90 Å². The molecular formula is C24H23ClN2O5S. The second-order valence-corrected chi connectivity index (χ2v) is 9.72. The van der Waals surface area contributed by atoms with Gasteiger partial charge in [0.1, 0.15) is 6.54 Å². The summed E-state index contributed by atoms with van der Waals surface area (Å²) < 4.78 is 28.6. The molecule has 0 aliphatic heterocycles. The van der Waals surface area contributed by atoms with Crippen LogP contribution in [0.5, 0.6) is 0 Å². The fraction of sp³-hybridized carbons (Fsp3) is 0.167. The van der Waals surface area contributed by atoms with Gasteiger partial charge in [-0.3, -0.25) is 14.3 Å². The smallest absolute Gasteiger partial charge is 0.322 e. The van der Waals surface area contributed by atoms with Crippen LogP contribution in [0.2, 0.25) is 5.02 Å². The van der Waals surface area contributed by atoms with Gasteiger partial charge in [0.25, 0.3) is 15.9 Å². The Balaban J connectivity index is 1.88. The summed E-state index contributed by atoms with van der Waals surface area (Å²) in [5.41, 5.74) is 4.28. The largest absolute Gasteiger partial charge is 0.480 e. The summed E-state index contributed by atoms with van der Waals surface area (Å²) in [7, 11) is -3.83. The van der Waals surface area contributed by atoms with E-state index in [1.165, 1.54) is 0 Å². The maximum Gasteiger partial charge on any atom is 0.322 e. The van der Waals surface area contributed by atoms with Gasteiger partial charge in [-0.1, -0.05) is 29.8 Å². The van der Waals surface area contributed by atoms with Crippen molar-refractivity contribution in [3.63, 3.8) is 0 Å². The van der Waals surface area contributed by atoms with E-state index in [0.29, 0.717) is 27.4 Å².